The Morgan fingerprint density at radius 2 is 1.40 bits per heavy atom. The minimum Gasteiger partial charge on any atom is -0.354 e. The molecule has 160 valence electrons. The fourth-order valence-electron chi connectivity index (χ4n) is 3.72. The molecule has 2 aliphatic rings. The molecule has 1 amide bonds. The highest BCUT2D eigenvalue weighted by Crippen LogP contribution is 2.22. The van der Waals surface area contributed by atoms with Crippen LogP contribution >= 0.6 is 0 Å². The lowest BCUT2D eigenvalue weighted by Crippen LogP contribution is -2.49. The first kappa shape index (κ1) is 20.4. The fourth-order valence-corrected chi connectivity index (χ4v) is 3.72. The molecule has 7 nitrogen and oxygen atoms in total. The second-order valence-corrected chi connectivity index (χ2v) is 7.53. The van der Waals surface area contributed by atoms with E-state index in [1.165, 1.54) is 11.2 Å². The molecule has 1 aromatic heterocycles. The predicted molar refractivity (Wildman–Crippen MR) is 106 cm³/mol. The molecule has 2 aromatic rings. The Morgan fingerprint density at radius 1 is 0.833 bits per heavy atom. The quantitative estimate of drug-likeness (QED) is 0.704. The van der Waals surface area contributed by atoms with Crippen molar-refractivity contribution in [1.82, 2.24) is 19.8 Å². The van der Waals surface area contributed by atoms with Crippen LogP contribution < -0.4 is 9.80 Å². The minimum atomic E-state index is -1.63. The molecule has 2 aliphatic heterocycles. The average Bonchev–Trinajstić information content (AvgIpc) is 2.78. The maximum Gasteiger partial charge on any atom is 0.257 e. The molecule has 2 fully saturated rings. The van der Waals surface area contributed by atoms with Crippen LogP contribution in [0, 0.1) is 17.5 Å². The van der Waals surface area contributed by atoms with E-state index in [9.17, 15) is 18.0 Å². The van der Waals surface area contributed by atoms with Crippen LogP contribution in [0.4, 0.5) is 24.8 Å². The standard InChI is InChI=1S/C20H23F3N6O/c1-26-4-6-27(7-5-26)16-12-17(25-13-24-16)28-8-10-29(11-9-28)20(30)14-2-3-15(21)19(23)18(14)22/h2-3,12-13H,4-11H2,1H3. The van der Waals surface area contributed by atoms with Crippen molar-refractivity contribution >= 4 is 17.5 Å². The van der Waals surface area contributed by atoms with E-state index < -0.39 is 28.9 Å². The van der Waals surface area contributed by atoms with Gasteiger partial charge in [0.25, 0.3) is 5.91 Å². The van der Waals surface area contributed by atoms with E-state index >= 15 is 0 Å². The molecule has 0 N–H and O–H groups in total. The SMILES string of the molecule is CN1CCN(c2cc(N3CCN(C(=O)c4ccc(F)c(F)c4F)CC3)ncn2)CC1. The van der Waals surface area contributed by atoms with Crippen molar-refractivity contribution in [2.45, 2.75) is 0 Å². The molecule has 0 aliphatic carbocycles. The number of aromatic nitrogens is 2. The highest BCUT2D eigenvalue weighted by Gasteiger charge is 2.27. The number of anilines is 2. The number of amides is 1. The molecule has 10 heteroatoms. The third-order valence-corrected chi connectivity index (χ3v) is 5.62. The monoisotopic (exact) mass is 420 g/mol. The number of hydrogen-bond donors (Lipinski definition) is 0. The Hall–Kier alpha value is -2.88. The van der Waals surface area contributed by atoms with Gasteiger partial charge in [-0.05, 0) is 19.2 Å². The van der Waals surface area contributed by atoms with Crippen LogP contribution in [-0.4, -0.2) is 85.1 Å². The molecule has 30 heavy (non-hydrogen) atoms. The van der Waals surface area contributed by atoms with Gasteiger partial charge in [0.1, 0.15) is 18.0 Å². The second kappa shape index (κ2) is 8.47. The van der Waals surface area contributed by atoms with Gasteiger partial charge in [-0.25, -0.2) is 23.1 Å². The van der Waals surface area contributed by atoms with Gasteiger partial charge in [0, 0.05) is 58.4 Å². The second-order valence-electron chi connectivity index (χ2n) is 7.53. The van der Waals surface area contributed by atoms with Crippen LogP contribution in [0.1, 0.15) is 10.4 Å². The normalized spacial score (nSPS) is 18.1. The van der Waals surface area contributed by atoms with Crippen LogP contribution in [-0.2, 0) is 0 Å². The summed E-state index contributed by atoms with van der Waals surface area (Å²) < 4.78 is 40.5. The number of likely N-dealkylation sites (N-methyl/N-ethyl adjacent to an activating group) is 1. The molecule has 0 saturated carbocycles. The van der Waals surface area contributed by atoms with Crippen LogP contribution in [0.15, 0.2) is 24.5 Å². The summed E-state index contributed by atoms with van der Waals surface area (Å²) in [5.74, 6) is -3.40. The molecule has 0 bridgehead atoms. The smallest absolute Gasteiger partial charge is 0.257 e. The number of rotatable bonds is 3. The molecular formula is C20H23F3N6O. The lowest BCUT2D eigenvalue weighted by Gasteiger charge is -2.36. The Bertz CT molecular complexity index is 927. The number of carbonyl (C=O) groups is 1. The zero-order valence-electron chi connectivity index (χ0n) is 16.7. The van der Waals surface area contributed by atoms with Gasteiger partial charge in [0.15, 0.2) is 17.5 Å². The number of carbonyl (C=O) groups excluding carboxylic acids is 1. The van der Waals surface area contributed by atoms with E-state index in [1.807, 2.05) is 11.0 Å². The van der Waals surface area contributed by atoms with Gasteiger partial charge in [0.2, 0.25) is 0 Å². The lowest BCUT2D eigenvalue weighted by molar-refractivity contribution is 0.0740. The third-order valence-electron chi connectivity index (χ3n) is 5.62. The van der Waals surface area contributed by atoms with Gasteiger partial charge in [-0.3, -0.25) is 4.79 Å². The lowest BCUT2D eigenvalue weighted by atomic mass is 10.1. The van der Waals surface area contributed by atoms with E-state index in [0.717, 1.165) is 49.9 Å². The number of halogens is 3. The van der Waals surface area contributed by atoms with Crippen molar-refractivity contribution in [3.05, 3.63) is 47.5 Å². The maximum atomic E-state index is 14.0. The van der Waals surface area contributed by atoms with Gasteiger partial charge in [-0.2, -0.15) is 0 Å². The van der Waals surface area contributed by atoms with E-state index in [0.29, 0.717) is 26.2 Å². The first-order chi connectivity index (χ1) is 14.4. The first-order valence-electron chi connectivity index (χ1n) is 9.87. The molecule has 2 saturated heterocycles. The van der Waals surface area contributed by atoms with Crippen molar-refractivity contribution < 1.29 is 18.0 Å². The Morgan fingerprint density at radius 3 is 2.00 bits per heavy atom. The topological polar surface area (TPSA) is 55.8 Å². The van der Waals surface area contributed by atoms with Crippen molar-refractivity contribution in [1.29, 1.82) is 0 Å². The summed E-state index contributed by atoms with van der Waals surface area (Å²) in [5.41, 5.74) is -0.457. The maximum absolute atomic E-state index is 14.0. The number of nitrogens with zero attached hydrogens (tertiary/aromatic N) is 6. The highest BCUT2D eigenvalue weighted by molar-refractivity contribution is 5.94. The van der Waals surface area contributed by atoms with Crippen molar-refractivity contribution in [3.8, 4) is 0 Å². The zero-order chi connectivity index (χ0) is 21.3. The molecule has 3 heterocycles. The number of benzene rings is 1. The van der Waals surface area contributed by atoms with Crippen LogP contribution in [0.25, 0.3) is 0 Å². The largest absolute Gasteiger partial charge is 0.354 e. The highest BCUT2D eigenvalue weighted by atomic mass is 19.2. The zero-order valence-corrected chi connectivity index (χ0v) is 16.7. The van der Waals surface area contributed by atoms with Gasteiger partial charge in [-0.15, -0.1) is 0 Å². The third kappa shape index (κ3) is 4.04. The molecule has 1 aromatic carbocycles. The van der Waals surface area contributed by atoms with E-state index in [-0.39, 0.29) is 0 Å². The van der Waals surface area contributed by atoms with Crippen molar-refractivity contribution in [2.75, 3.05) is 69.2 Å². The summed E-state index contributed by atoms with van der Waals surface area (Å²) >= 11 is 0. The number of hydrogen-bond acceptors (Lipinski definition) is 6. The van der Waals surface area contributed by atoms with E-state index in [4.69, 9.17) is 0 Å². The fraction of sp³-hybridized carbons (Fsp3) is 0.450. The van der Waals surface area contributed by atoms with Crippen LogP contribution in [0.5, 0.6) is 0 Å². The number of piperazine rings is 2. The summed E-state index contributed by atoms with van der Waals surface area (Å²) in [6, 6.07) is 3.69. The Labute approximate surface area is 172 Å². The van der Waals surface area contributed by atoms with E-state index in [1.54, 1.807) is 0 Å². The Balaban J connectivity index is 1.41. The van der Waals surface area contributed by atoms with Crippen molar-refractivity contribution in [3.63, 3.8) is 0 Å². The molecule has 4 rings (SSSR count). The van der Waals surface area contributed by atoms with Crippen molar-refractivity contribution in [2.24, 2.45) is 0 Å². The van der Waals surface area contributed by atoms with Crippen LogP contribution in [0.2, 0.25) is 0 Å². The molecular weight excluding hydrogens is 397 g/mol. The summed E-state index contributed by atoms with van der Waals surface area (Å²) in [6.45, 7) is 5.38. The molecule has 0 unspecified atom stereocenters. The van der Waals surface area contributed by atoms with Gasteiger partial charge in [-0.1, -0.05) is 0 Å². The summed E-state index contributed by atoms with van der Waals surface area (Å²) in [7, 11) is 2.09. The first-order valence-corrected chi connectivity index (χ1v) is 9.87. The van der Waals surface area contributed by atoms with Gasteiger partial charge >= 0.3 is 0 Å². The predicted octanol–water partition coefficient (Wildman–Crippen LogP) is 1.61. The molecule has 0 atom stereocenters. The van der Waals surface area contributed by atoms with E-state index in [2.05, 4.69) is 26.8 Å². The summed E-state index contributed by atoms with van der Waals surface area (Å²) in [6.07, 6.45) is 1.54. The average molecular weight is 420 g/mol. The van der Waals surface area contributed by atoms with Gasteiger partial charge < -0.3 is 19.6 Å². The molecule has 0 spiro atoms. The minimum absolute atomic E-state index is 0.325. The van der Waals surface area contributed by atoms with Gasteiger partial charge in [0.05, 0.1) is 5.56 Å². The van der Waals surface area contributed by atoms with Crippen LogP contribution in [0.3, 0.4) is 0 Å². The Kier molecular flexibility index (Phi) is 5.76. The summed E-state index contributed by atoms with van der Waals surface area (Å²) in [4.78, 5) is 29.3. The summed E-state index contributed by atoms with van der Waals surface area (Å²) in [5, 5.41) is 0. The molecule has 0 radical (unpaired) electrons.